The van der Waals surface area contributed by atoms with E-state index in [2.05, 4.69) is 10.3 Å². The zero-order chi connectivity index (χ0) is 18.4. The summed E-state index contributed by atoms with van der Waals surface area (Å²) in [4.78, 5) is 18.8. The molecule has 1 atom stereocenters. The van der Waals surface area contributed by atoms with Crippen molar-refractivity contribution in [1.29, 1.82) is 0 Å². The number of rotatable bonds is 5. The van der Waals surface area contributed by atoms with Gasteiger partial charge >= 0.3 is 6.03 Å². The van der Waals surface area contributed by atoms with E-state index < -0.39 is 0 Å². The first-order valence-corrected chi connectivity index (χ1v) is 9.37. The van der Waals surface area contributed by atoms with Gasteiger partial charge < -0.3 is 15.3 Å². The van der Waals surface area contributed by atoms with E-state index in [-0.39, 0.29) is 18.7 Å². The van der Waals surface area contributed by atoms with Gasteiger partial charge in [0.15, 0.2) is 0 Å². The van der Waals surface area contributed by atoms with Crippen LogP contribution in [0.15, 0.2) is 48.8 Å². The fourth-order valence-corrected chi connectivity index (χ4v) is 3.51. The highest BCUT2D eigenvalue weighted by molar-refractivity contribution is 6.30. The van der Waals surface area contributed by atoms with E-state index in [9.17, 15) is 4.79 Å². The Bertz CT molecular complexity index is 701. The fraction of sp³-hybridized carbons (Fsp3) is 0.400. The number of hydrogen-bond acceptors (Lipinski definition) is 3. The Morgan fingerprint density at radius 2 is 1.96 bits per heavy atom. The molecule has 5 nitrogen and oxygen atoms in total. The van der Waals surface area contributed by atoms with E-state index in [1.165, 1.54) is 0 Å². The number of urea groups is 1. The number of aliphatic hydroxyl groups excluding tert-OH is 1. The quantitative estimate of drug-likeness (QED) is 0.841. The number of aromatic nitrogens is 1. The Kier molecular flexibility index (Phi) is 6.47. The third-order valence-corrected chi connectivity index (χ3v) is 5.18. The molecule has 3 rings (SSSR count). The maximum Gasteiger partial charge on any atom is 0.318 e. The molecule has 0 unspecified atom stereocenters. The SMILES string of the molecule is O=C(N[C@H](c1ccc(Cl)cc1)c1cccnc1)N1CCC(CCO)CC1. The van der Waals surface area contributed by atoms with Crippen molar-refractivity contribution in [3.8, 4) is 0 Å². The summed E-state index contributed by atoms with van der Waals surface area (Å²) in [7, 11) is 0. The molecule has 2 heterocycles. The van der Waals surface area contributed by atoms with Crippen LogP contribution < -0.4 is 5.32 Å². The Morgan fingerprint density at radius 1 is 1.23 bits per heavy atom. The van der Waals surface area contributed by atoms with E-state index in [0.717, 1.165) is 43.5 Å². The minimum absolute atomic E-state index is 0.0729. The van der Waals surface area contributed by atoms with Gasteiger partial charge in [0.25, 0.3) is 0 Å². The van der Waals surface area contributed by atoms with E-state index in [0.29, 0.717) is 10.9 Å². The predicted molar refractivity (Wildman–Crippen MR) is 102 cm³/mol. The van der Waals surface area contributed by atoms with Gasteiger partial charge in [-0.1, -0.05) is 29.8 Å². The monoisotopic (exact) mass is 373 g/mol. The predicted octanol–water partition coefficient (Wildman–Crippen LogP) is 3.63. The summed E-state index contributed by atoms with van der Waals surface area (Å²) >= 11 is 6.00. The lowest BCUT2D eigenvalue weighted by Crippen LogP contribution is -2.45. The molecule has 2 aromatic rings. The number of benzene rings is 1. The van der Waals surface area contributed by atoms with Crippen molar-refractivity contribution in [2.75, 3.05) is 19.7 Å². The highest BCUT2D eigenvalue weighted by Gasteiger charge is 2.25. The summed E-state index contributed by atoms with van der Waals surface area (Å²) in [6.45, 7) is 1.66. The smallest absolute Gasteiger partial charge is 0.318 e. The molecule has 1 aliphatic heterocycles. The second kappa shape index (κ2) is 9.01. The highest BCUT2D eigenvalue weighted by atomic mass is 35.5. The van der Waals surface area contributed by atoms with Gasteiger partial charge in [-0.15, -0.1) is 0 Å². The lowest BCUT2D eigenvalue weighted by molar-refractivity contribution is 0.156. The van der Waals surface area contributed by atoms with Crippen molar-refractivity contribution < 1.29 is 9.90 Å². The second-order valence-electron chi connectivity index (χ2n) is 6.66. The maximum absolute atomic E-state index is 12.8. The van der Waals surface area contributed by atoms with Crippen LogP contribution in [-0.2, 0) is 0 Å². The van der Waals surface area contributed by atoms with Crippen molar-refractivity contribution in [3.05, 3.63) is 64.9 Å². The molecule has 1 aliphatic rings. The Hall–Kier alpha value is -2.11. The number of nitrogens with zero attached hydrogens (tertiary/aromatic N) is 2. The number of pyridine rings is 1. The number of nitrogens with one attached hydrogen (secondary N) is 1. The molecule has 2 amide bonds. The molecule has 0 aliphatic carbocycles. The van der Waals surface area contributed by atoms with E-state index in [1.807, 2.05) is 41.3 Å². The first kappa shape index (κ1) is 18.7. The number of hydrogen-bond donors (Lipinski definition) is 2. The van der Waals surface area contributed by atoms with E-state index >= 15 is 0 Å². The molecule has 2 N–H and O–H groups in total. The van der Waals surface area contributed by atoms with Gasteiger partial charge in [-0.3, -0.25) is 4.98 Å². The van der Waals surface area contributed by atoms with Crippen molar-refractivity contribution in [2.45, 2.75) is 25.3 Å². The number of carbonyl (C=O) groups excluding carboxylic acids is 1. The Morgan fingerprint density at radius 3 is 2.58 bits per heavy atom. The van der Waals surface area contributed by atoms with Gasteiger partial charge in [0.2, 0.25) is 0 Å². The zero-order valence-electron chi connectivity index (χ0n) is 14.6. The van der Waals surface area contributed by atoms with Crippen LogP contribution in [0.25, 0.3) is 0 Å². The molecular formula is C20H24ClN3O2. The largest absolute Gasteiger partial charge is 0.396 e. The maximum atomic E-state index is 12.8. The van der Waals surface area contributed by atoms with Crippen molar-refractivity contribution in [2.24, 2.45) is 5.92 Å². The molecule has 26 heavy (non-hydrogen) atoms. The summed E-state index contributed by atoms with van der Waals surface area (Å²) in [5.41, 5.74) is 1.89. The molecule has 6 heteroatoms. The summed E-state index contributed by atoms with van der Waals surface area (Å²) < 4.78 is 0. The fourth-order valence-electron chi connectivity index (χ4n) is 3.38. The van der Waals surface area contributed by atoms with Crippen molar-refractivity contribution in [3.63, 3.8) is 0 Å². The average Bonchev–Trinajstić information content (AvgIpc) is 2.68. The molecule has 0 spiro atoms. The lowest BCUT2D eigenvalue weighted by atomic mass is 9.94. The van der Waals surface area contributed by atoms with Crippen LogP contribution >= 0.6 is 11.6 Å². The molecule has 1 saturated heterocycles. The number of likely N-dealkylation sites (tertiary alicyclic amines) is 1. The van der Waals surface area contributed by atoms with Gasteiger partial charge in [0.1, 0.15) is 0 Å². The summed E-state index contributed by atoms with van der Waals surface area (Å²) in [5, 5.41) is 12.9. The number of amides is 2. The summed E-state index contributed by atoms with van der Waals surface area (Å²) in [5.74, 6) is 0.509. The van der Waals surface area contributed by atoms with Crippen LogP contribution in [0.2, 0.25) is 5.02 Å². The van der Waals surface area contributed by atoms with Crippen molar-refractivity contribution in [1.82, 2.24) is 15.2 Å². The van der Waals surface area contributed by atoms with Crippen LogP contribution in [-0.4, -0.2) is 40.7 Å². The van der Waals surface area contributed by atoms with Crippen LogP contribution in [0.3, 0.4) is 0 Å². The van der Waals surface area contributed by atoms with Gasteiger partial charge in [-0.2, -0.15) is 0 Å². The topological polar surface area (TPSA) is 65.5 Å². The van der Waals surface area contributed by atoms with Crippen molar-refractivity contribution >= 4 is 17.6 Å². The minimum atomic E-state index is -0.274. The molecule has 138 valence electrons. The summed E-state index contributed by atoms with van der Waals surface area (Å²) in [6.07, 6.45) is 6.18. The number of halogens is 1. The molecule has 1 aromatic heterocycles. The van der Waals surface area contributed by atoms with Gasteiger partial charge in [0, 0.05) is 37.1 Å². The summed E-state index contributed by atoms with van der Waals surface area (Å²) in [6, 6.07) is 11.0. The van der Waals surface area contributed by atoms with E-state index in [1.54, 1.807) is 12.4 Å². The molecular weight excluding hydrogens is 350 g/mol. The zero-order valence-corrected chi connectivity index (χ0v) is 15.4. The minimum Gasteiger partial charge on any atom is -0.396 e. The second-order valence-corrected chi connectivity index (χ2v) is 7.10. The van der Waals surface area contributed by atoms with Gasteiger partial charge in [-0.25, -0.2) is 4.79 Å². The Labute approximate surface area is 159 Å². The third kappa shape index (κ3) is 4.74. The van der Waals surface area contributed by atoms with Crippen LogP contribution in [0.4, 0.5) is 4.79 Å². The lowest BCUT2D eigenvalue weighted by Gasteiger charge is -2.33. The number of piperidine rings is 1. The molecule has 0 saturated carbocycles. The molecule has 0 bridgehead atoms. The van der Waals surface area contributed by atoms with Gasteiger partial charge in [0.05, 0.1) is 6.04 Å². The van der Waals surface area contributed by atoms with Crippen LogP contribution in [0, 0.1) is 5.92 Å². The molecule has 1 aromatic carbocycles. The third-order valence-electron chi connectivity index (χ3n) is 4.93. The molecule has 1 fully saturated rings. The van der Waals surface area contributed by atoms with Gasteiger partial charge in [-0.05, 0) is 54.5 Å². The number of aliphatic hydroxyl groups is 1. The number of carbonyl (C=O) groups is 1. The van der Waals surface area contributed by atoms with Crippen LogP contribution in [0.1, 0.15) is 36.4 Å². The van der Waals surface area contributed by atoms with E-state index in [4.69, 9.17) is 16.7 Å². The average molecular weight is 374 g/mol. The molecule has 0 radical (unpaired) electrons. The highest BCUT2D eigenvalue weighted by Crippen LogP contribution is 2.25. The van der Waals surface area contributed by atoms with Crippen LogP contribution in [0.5, 0.6) is 0 Å². The normalized spacial score (nSPS) is 16.3. The Balaban J connectivity index is 1.72. The standard InChI is InChI=1S/C20H24ClN3O2/c21-18-5-3-16(4-6-18)19(17-2-1-10-22-14-17)23-20(26)24-11-7-15(8-12-24)9-13-25/h1-6,10,14-15,19,25H,7-9,11-13H2,(H,23,26)/t19-/m1/s1. The first-order valence-electron chi connectivity index (χ1n) is 8.99. The first-order chi connectivity index (χ1) is 12.7.